The number of aromatic nitrogens is 2. The maximum Gasteiger partial charge on any atom is 0.253 e. The van der Waals surface area contributed by atoms with Crippen LogP contribution >= 0.6 is 0 Å². The van der Waals surface area contributed by atoms with Crippen molar-refractivity contribution in [1.29, 1.82) is 0 Å². The Hall–Kier alpha value is -3.08. The van der Waals surface area contributed by atoms with Gasteiger partial charge in [-0.05, 0) is 38.1 Å². The molecule has 5 nitrogen and oxygen atoms in total. The summed E-state index contributed by atoms with van der Waals surface area (Å²) in [5.74, 6) is 1.04. The van der Waals surface area contributed by atoms with Crippen LogP contribution in [0.3, 0.4) is 0 Å². The lowest BCUT2D eigenvalue weighted by Gasteiger charge is -2.35. The molecule has 138 valence electrons. The van der Waals surface area contributed by atoms with E-state index in [9.17, 15) is 4.79 Å². The normalized spacial score (nSPS) is 14.4. The number of aryl methyl sites for hydroxylation is 2. The Morgan fingerprint density at radius 3 is 2.37 bits per heavy atom. The molecule has 0 unspecified atom stereocenters. The van der Waals surface area contributed by atoms with Gasteiger partial charge in [-0.25, -0.2) is 4.98 Å². The third-order valence-electron chi connectivity index (χ3n) is 5.05. The molecule has 2 heterocycles. The van der Waals surface area contributed by atoms with Gasteiger partial charge >= 0.3 is 0 Å². The van der Waals surface area contributed by atoms with Crippen molar-refractivity contribution in [2.75, 3.05) is 31.1 Å². The molecule has 0 spiro atoms. The van der Waals surface area contributed by atoms with Gasteiger partial charge in [0, 0.05) is 49.8 Å². The zero-order valence-corrected chi connectivity index (χ0v) is 15.8. The first-order valence-corrected chi connectivity index (χ1v) is 9.33. The highest BCUT2D eigenvalue weighted by molar-refractivity contribution is 5.94. The minimum absolute atomic E-state index is 0.111. The topological polar surface area (TPSA) is 41.4 Å². The molecule has 1 aliphatic rings. The van der Waals surface area contributed by atoms with Crippen LogP contribution in [0.1, 0.15) is 21.5 Å². The van der Waals surface area contributed by atoms with Crippen LogP contribution in [0, 0.1) is 13.8 Å². The summed E-state index contributed by atoms with van der Waals surface area (Å²) in [4.78, 5) is 21.5. The van der Waals surface area contributed by atoms with E-state index in [4.69, 9.17) is 0 Å². The number of piperazine rings is 1. The fourth-order valence-electron chi connectivity index (χ4n) is 3.51. The average molecular weight is 360 g/mol. The zero-order valence-electron chi connectivity index (χ0n) is 15.8. The zero-order chi connectivity index (χ0) is 18.8. The number of anilines is 1. The number of nitrogens with zero attached hydrogens (tertiary/aromatic N) is 4. The van der Waals surface area contributed by atoms with Crippen molar-refractivity contribution in [3.8, 4) is 5.69 Å². The summed E-state index contributed by atoms with van der Waals surface area (Å²) in [5, 5.41) is 0. The molecular formula is C22H24N4O. The molecule has 5 heteroatoms. The van der Waals surface area contributed by atoms with E-state index in [1.54, 1.807) is 0 Å². The third kappa shape index (κ3) is 3.58. The molecule has 1 amide bonds. The molecule has 0 atom stereocenters. The van der Waals surface area contributed by atoms with Crippen LogP contribution in [0.2, 0.25) is 0 Å². The second-order valence-electron chi connectivity index (χ2n) is 7.08. The summed E-state index contributed by atoms with van der Waals surface area (Å²) < 4.78 is 2.11. The van der Waals surface area contributed by atoms with Gasteiger partial charge in [0.05, 0.1) is 0 Å². The fraction of sp³-hybridized carbons (Fsp3) is 0.273. The summed E-state index contributed by atoms with van der Waals surface area (Å²) in [5.41, 5.74) is 4.22. The lowest BCUT2D eigenvalue weighted by molar-refractivity contribution is 0.0746. The molecule has 0 aliphatic carbocycles. The Bertz CT molecular complexity index is 937. The van der Waals surface area contributed by atoms with Crippen molar-refractivity contribution in [3.63, 3.8) is 0 Å². The highest BCUT2D eigenvalue weighted by Crippen LogP contribution is 2.21. The summed E-state index contributed by atoms with van der Waals surface area (Å²) in [6, 6.07) is 16.2. The van der Waals surface area contributed by atoms with Gasteiger partial charge in [-0.2, -0.15) is 0 Å². The highest BCUT2D eigenvalue weighted by Gasteiger charge is 2.24. The van der Waals surface area contributed by atoms with Crippen LogP contribution in [0.25, 0.3) is 5.69 Å². The second kappa shape index (κ2) is 7.27. The number of benzene rings is 2. The predicted octanol–water partition coefficient (Wildman–Crippen LogP) is 3.45. The first-order valence-electron chi connectivity index (χ1n) is 9.33. The number of imidazole rings is 1. The summed E-state index contributed by atoms with van der Waals surface area (Å²) in [6.07, 6.45) is 3.82. The number of carbonyl (C=O) groups is 1. The van der Waals surface area contributed by atoms with Crippen LogP contribution in [0.5, 0.6) is 0 Å². The number of hydrogen-bond donors (Lipinski definition) is 0. The molecule has 1 aliphatic heterocycles. The summed E-state index contributed by atoms with van der Waals surface area (Å²) >= 11 is 0. The van der Waals surface area contributed by atoms with E-state index in [1.165, 1.54) is 5.56 Å². The first-order chi connectivity index (χ1) is 13.1. The van der Waals surface area contributed by atoms with Crippen LogP contribution in [-0.2, 0) is 0 Å². The van der Waals surface area contributed by atoms with Crippen LogP contribution in [0.4, 0.5) is 5.95 Å². The Balaban J connectivity index is 1.47. The largest absolute Gasteiger partial charge is 0.338 e. The minimum Gasteiger partial charge on any atom is -0.338 e. The van der Waals surface area contributed by atoms with Crippen molar-refractivity contribution >= 4 is 11.9 Å². The van der Waals surface area contributed by atoms with Crippen molar-refractivity contribution in [3.05, 3.63) is 77.6 Å². The molecule has 1 aromatic heterocycles. The number of rotatable bonds is 3. The van der Waals surface area contributed by atoms with E-state index < -0.39 is 0 Å². The number of carbonyl (C=O) groups excluding carboxylic acids is 1. The second-order valence-corrected chi connectivity index (χ2v) is 7.08. The molecule has 0 saturated carbocycles. The predicted molar refractivity (Wildman–Crippen MR) is 108 cm³/mol. The Morgan fingerprint density at radius 1 is 0.926 bits per heavy atom. The number of hydrogen-bond acceptors (Lipinski definition) is 3. The monoisotopic (exact) mass is 360 g/mol. The molecule has 2 aromatic carbocycles. The smallest absolute Gasteiger partial charge is 0.253 e. The first kappa shape index (κ1) is 17.3. The van der Waals surface area contributed by atoms with Gasteiger partial charge in [-0.1, -0.05) is 35.4 Å². The molecule has 0 radical (unpaired) electrons. The molecule has 3 aromatic rings. The van der Waals surface area contributed by atoms with E-state index in [-0.39, 0.29) is 5.91 Å². The van der Waals surface area contributed by atoms with Gasteiger partial charge in [0.25, 0.3) is 5.91 Å². The Labute approximate surface area is 159 Å². The van der Waals surface area contributed by atoms with Crippen molar-refractivity contribution in [2.45, 2.75) is 13.8 Å². The fourth-order valence-corrected chi connectivity index (χ4v) is 3.51. The van der Waals surface area contributed by atoms with Crippen molar-refractivity contribution < 1.29 is 4.79 Å². The highest BCUT2D eigenvalue weighted by atomic mass is 16.2. The van der Waals surface area contributed by atoms with Crippen molar-refractivity contribution in [1.82, 2.24) is 14.5 Å². The van der Waals surface area contributed by atoms with E-state index in [2.05, 4.69) is 45.6 Å². The molecule has 27 heavy (non-hydrogen) atoms. The van der Waals surface area contributed by atoms with E-state index >= 15 is 0 Å². The summed E-state index contributed by atoms with van der Waals surface area (Å²) in [6.45, 7) is 7.06. The van der Waals surface area contributed by atoms with Gasteiger partial charge in [0.15, 0.2) is 0 Å². The van der Waals surface area contributed by atoms with E-state index in [0.717, 1.165) is 35.9 Å². The average Bonchev–Trinajstić information content (AvgIpc) is 3.18. The van der Waals surface area contributed by atoms with Gasteiger partial charge in [-0.15, -0.1) is 0 Å². The van der Waals surface area contributed by atoms with Crippen LogP contribution in [-0.4, -0.2) is 46.5 Å². The minimum atomic E-state index is 0.111. The third-order valence-corrected chi connectivity index (χ3v) is 5.05. The number of amides is 1. The van der Waals surface area contributed by atoms with Crippen LogP contribution < -0.4 is 4.90 Å². The maximum atomic E-state index is 12.8. The molecule has 1 fully saturated rings. The quantitative estimate of drug-likeness (QED) is 0.718. The van der Waals surface area contributed by atoms with Gasteiger partial charge < -0.3 is 9.80 Å². The molecular weight excluding hydrogens is 336 g/mol. The lowest BCUT2D eigenvalue weighted by Crippen LogP contribution is -2.49. The van der Waals surface area contributed by atoms with E-state index in [1.807, 2.05) is 48.5 Å². The molecule has 0 N–H and O–H groups in total. The molecule has 0 bridgehead atoms. The SMILES string of the molecule is Cc1ccc(-n2ccnc2N2CCN(C(=O)c3cccc(C)c3)CC2)cc1. The standard InChI is InChI=1S/C22H24N4O/c1-17-6-8-20(9-7-17)26-11-10-23-22(26)25-14-12-24(13-15-25)21(27)19-5-3-4-18(2)16-19/h3-11,16H,12-15H2,1-2H3. The Kier molecular flexibility index (Phi) is 4.67. The van der Waals surface area contributed by atoms with Gasteiger partial charge in [0.1, 0.15) is 0 Å². The van der Waals surface area contributed by atoms with Crippen molar-refractivity contribution in [2.24, 2.45) is 0 Å². The van der Waals surface area contributed by atoms with Gasteiger partial charge in [0.2, 0.25) is 5.95 Å². The van der Waals surface area contributed by atoms with Crippen LogP contribution in [0.15, 0.2) is 60.9 Å². The molecule has 1 saturated heterocycles. The van der Waals surface area contributed by atoms with E-state index in [0.29, 0.717) is 13.1 Å². The maximum absolute atomic E-state index is 12.8. The Morgan fingerprint density at radius 2 is 1.67 bits per heavy atom. The molecule has 4 rings (SSSR count). The van der Waals surface area contributed by atoms with Gasteiger partial charge in [-0.3, -0.25) is 9.36 Å². The summed E-state index contributed by atoms with van der Waals surface area (Å²) in [7, 11) is 0. The lowest BCUT2D eigenvalue weighted by atomic mass is 10.1.